The van der Waals surface area contributed by atoms with E-state index in [-0.39, 0.29) is 5.41 Å². The molecule has 1 N–H and O–H groups in total. The van der Waals surface area contributed by atoms with Crippen molar-refractivity contribution < 1.29 is 19.1 Å². The van der Waals surface area contributed by atoms with Crippen molar-refractivity contribution in [3.8, 4) is 0 Å². The molecule has 4 nitrogen and oxygen atoms in total. The van der Waals surface area contributed by atoms with Crippen molar-refractivity contribution in [2.24, 2.45) is 5.41 Å². The number of rotatable bonds is 5. The summed E-state index contributed by atoms with van der Waals surface area (Å²) >= 11 is 0. The Morgan fingerprint density at radius 1 is 1.65 bits per heavy atom. The van der Waals surface area contributed by atoms with Gasteiger partial charge in [0, 0.05) is 12.5 Å². The van der Waals surface area contributed by atoms with Crippen molar-refractivity contribution in [3.05, 3.63) is 29.7 Å². The highest BCUT2D eigenvalue weighted by Gasteiger charge is 2.54. The normalized spacial score (nSPS) is 20.0. The van der Waals surface area contributed by atoms with Crippen molar-refractivity contribution in [1.29, 1.82) is 0 Å². The first-order valence-electron chi connectivity index (χ1n) is 5.58. The van der Waals surface area contributed by atoms with Gasteiger partial charge in [-0.05, 0) is 38.0 Å². The quantitative estimate of drug-likeness (QED) is 0.853. The molecule has 2 rings (SSSR count). The Hall–Kier alpha value is -1.55. The fourth-order valence-electron chi connectivity index (χ4n) is 2.29. The Labute approximate surface area is 99.9 Å². The lowest BCUT2D eigenvalue weighted by molar-refractivity contribution is -0.152. The third kappa shape index (κ3) is 2.13. The summed E-state index contributed by atoms with van der Waals surface area (Å²) in [5.74, 6) is -0.161. The zero-order valence-electron chi connectivity index (χ0n) is 9.97. The molecule has 1 saturated carbocycles. The molecule has 4 heteroatoms. The van der Waals surface area contributed by atoms with Gasteiger partial charge in [0.25, 0.3) is 0 Å². The smallest absolute Gasteiger partial charge is 0.333 e. The van der Waals surface area contributed by atoms with Crippen LogP contribution in [0.25, 0.3) is 6.08 Å². The average Bonchev–Trinajstić information content (AvgIpc) is 2.90. The lowest BCUT2D eigenvalue weighted by atomic mass is 9.90. The molecule has 1 aromatic rings. The van der Waals surface area contributed by atoms with E-state index in [2.05, 4.69) is 0 Å². The number of aliphatic carboxylic acids is 1. The summed E-state index contributed by atoms with van der Waals surface area (Å²) in [7, 11) is 1.44. The molecule has 0 spiro atoms. The molecule has 1 unspecified atom stereocenters. The van der Waals surface area contributed by atoms with Crippen LogP contribution in [0, 0.1) is 5.41 Å². The van der Waals surface area contributed by atoms with E-state index < -0.39 is 12.1 Å². The highest BCUT2D eigenvalue weighted by Crippen LogP contribution is 2.55. The van der Waals surface area contributed by atoms with Crippen molar-refractivity contribution in [3.63, 3.8) is 0 Å². The summed E-state index contributed by atoms with van der Waals surface area (Å²) in [5.41, 5.74) is 0.648. The second kappa shape index (κ2) is 4.37. The molecule has 0 bridgehead atoms. The number of carbonyl (C=O) groups is 1. The number of hydrogen-bond donors (Lipinski definition) is 1. The molecule has 1 aromatic heterocycles. The van der Waals surface area contributed by atoms with E-state index in [1.54, 1.807) is 6.26 Å². The Bertz CT molecular complexity index is 426. The molecule has 0 radical (unpaired) electrons. The van der Waals surface area contributed by atoms with E-state index in [1.807, 2.05) is 25.1 Å². The maximum Gasteiger partial charge on any atom is 0.333 e. The van der Waals surface area contributed by atoms with Crippen LogP contribution in [-0.2, 0) is 9.53 Å². The lowest BCUT2D eigenvalue weighted by Gasteiger charge is -2.22. The molecular weight excluding hydrogens is 220 g/mol. The predicted octanol–water partition coefficient (Wildman–Crippen LogP) is 2.56. The van der Waals surface area contributed by atoms with Crippen LogP contribution in [0.4, 0.5) is 0 Å². The van der Waals surface area contributed by atoms with Crippen LogP contribution in [-0.4, -0.2) is 24.3 Å². The predicted molar refractivity (Wildman–Crippen MR) is 62.5 cm³/mol. The Morgan fingerprint density at radius 2 is 2.35 bits per heavy atom. The summed E-state index contributed by atoms with van der Waals surface area (Å²) in [5, 5.41) is 9.15. The number of methoxy groups -OCH3 is 1. The first-order valence-corrected chi connectivity index (χ1v) is 5.58. The van der Waals surface area contributed by atoms with E-state index in [9.17, 15) is 4.79 Å². The SMILES string of the molecule is COC(C(=O)O)C1(/C(C)=C/c2ccco2)CC1. The number of carboxylic acid groups (broad SMARTS) is 1. The van der Waals surface area contributed by atoms with E-state index >= 15 is 0 Å². The molecule has 1 fully saturated rings. The van der Waals surface area contributed by atoms with Gasteiger partial charge in [-0.1, -0.05) is 5.57 Å². The summed E-state index contributed by atoms with van der Waals surface area (Å²) in [6, 6.07) is 3.66. The molecule has 92 valence electrons. The highest BCUT2D eigenvalue weighted by atomic mass is 16.5. The van der Waals surface area contributed by atoms with Gasteiger partial charge in [0.1, 0.15) is 5.76 Å². The molecule has 0 aromatic carbocycles. The minimum Gasteiger partial charge on any atom is -0.479 e. The van der Waals surface area contributed by atoms with Crippen LogP contribution in [0.5, 0.6) is 0 Å². The third-order valence-electron chi connectivity index (χ3n) is 3.44. The van der Waals surface area contributed by atoms with Gasteiger partial charge in [0.15, 0.2) is 6.10 Å². The van der Waals surface area contributed by atoms with E-state index in [0.717, 1.165) is 24.2 Å². The van der Waals surface area contributed by atoms with Gasteiger partial charge in [-0.3, -0.25) is 0 Å². The van der Waals surface area contributed by atoms with Crippen molar-refractivity contribution in [2.45, 2.75) is 25.9 Å². The van der Waals surface area contributed by atoms with E-state index in [1.165, 1.54) is 7.11 Å². The van der Waals surface area contributed by atoms with Crippen LogP contribution in [0.2, 0.25) is 0 Å². The molecule has 1 heterocycles. The summed E-state index contributed by atoms with van der Waals surface area (Å²) in [6.45, 7) is 1.94. The van der Waals surface area contributed by atoms with E-state index in [0.29, 0.717) is 0 Å². The molecule has 1 atom stereocenters. The van der Waals surface area contributed by atoms with Crippen molar-refractivity contribution >= 4 is 12.0 Å². The van der Waals surface area contributed by atoms with Gasteiger partial charge in [0.05, 0.1) is 6.26 Å². The minimum absolute atomic E-state index is 0.354. The summed E-state index contributed by atoms with van der Waals surface area (Å²) in [4.78, 5) is 11.1. The number of furan rings is 1. The van der Waals surface area contributed by atoms with Gasteiger partial charge >= 0.3 is 5.97 Å². The minimum atomic E-state index is -0.905. The first-order chi connectivity index (χ1) is 8.10. The molecule has 1 aliphatic rings. The number of carboxylic acids is 1. The number of hydrogen-bond acceptors (Lipinski definition) is 3. The fraction of sp³-hybridized carbons (Fsp3) is 0.462. The fourth-order valence-corrected chi connectivity index (χ4v) is 2.29. The summed E-state index contributed by atoms with van der Waals surface area (Å²) < 4.78 is 10.3. The maximum atomic E-state index is 11.1. The monoisotopic (exact) mass is 236 g/mol. The Balaban J connectivity index is 2.24. The highest BCUT2D eigenvalue weighted by molar-refractivity contribution is 5.76. The van der Waals surface area contributed by atoms with Gasteiger partial charge in [-0.25, -0.2) is 4.79 Å². The first kappa shape index (κ1) is 11.9. The lowest BCUT2D eigenvalue weighted by Crippen LogP contribution is -2.33. The molecule has 0 amide bonds. The van der Waals surface area contributed by atoms with Crippen LogP contribution < -0.4 is 0 Å². The molecule has 0 aliphatic heterocycles. The standard InChI is InChI=1S/C13H16O4/c1-9(8-10-4-3-7-17-10)13(5-6-13)11(16-2)12(14)15/h3-4,7-8,11H,5-6H2,1-2H3,(H,14,15)/b9-8+. The zero-order valence-corrected chi connectivity index (χ0v) is 9.97. The van der Waals surface area contributed by atoms with Crippen LogP contribution >= 0.6 is 0 Å². The zero-order chi connectivity index (χ0) is 12.5. The van der Waals surface area contributed by atoms with Crippen molar-refractivity contribution in [2.75, 3.05) is 7.11 Å². The van der Waals surface area contributed by atoms with Crippen LogP contribution in [0.3, 0.4) is 0 Å². The second-order valence-electron chi connectivity index (χ2n) is 4.45. The second-order valence-corrected chi connectivity index (χ2v) is 4.45. The molecule has 17 heavy (non-hydrogen) atoms. The van der Waals surface area contributed by atoms with Gasteiger partial charge < -0.3 is 14.3 Å². The summed E-state index contributed by atoms with van der Waals surface area (Å²) in [6.07, 6.45) is 4.42. The Morgan fingerprint density at radius 3 is 2.76 bits per heavy atom. The van der Waals surface area contributed by atoms with Gasteiger partial charge in [0.2, 0.25) is 0 Å². The average molecular weight is 236 g/mol. The maximum absolute atomic E-state index is 11.1. The van der Waals surface area contributed by atoms with Crippen LogP contribution in [0.15, 0.2) is 28.4 Å². The Kier molecular flexibility index (Phi) is 3.07. The molecular formula is C13H16O4. The van der Waals surface area contributed by atoms with Gasteiger partial charge in [-0.2, -0.15) is 0 Å². The van der Waals surface area contributed by atoms with Crippen molar-refractivity contribution in [1.82, 2.24) is 0 Å². The van der Waals surface area contributed by atoms with Crippen LogP contribution in [0.1, 0.15) is 25.5 Å². The van der Waals surface area contributed by atoms with E-state index in [4.69, 9.17) is 14.3 Å². The number of ether oxygens (including phenoxy) is 1. The third-order valence-corrected chi connectivity index (χ3v) is 3.44. The molecule has 0 saturated heterocycles. The van der Waals surface area contributed by atoms with Gasteiger partial charge in [-0.15, -0.1) is 0 Å². The largest absolute Gasteiger partial charge is 0.479 e. The topological polar surface area (TPSA) is 59.7 Å². The molecule has 1 aliphatic carbocycles.